The second-order valence-corrected chi connectivity index (χ2v) is 6.26. The monoisotopic (exact) mass is 253 g/mol. The van der Waals surface area contributed by atoms with Gasteiger partial charge in [0.2, 0.25) is 5.91 Å². The standard InChI is InChI=1S/C14H27N3O/c1-10-5-6-11(8-13(10)15)14(18)16-12-4-3-7-17(2)9-12/h10-13H,3-9,15H2,1-2H3,(H,16,18). The topological polar surface area (TPSA) is 58.4 Å². The molecule has 1 aliphatic carbocycles. The molecular formula is C14H27N3O. The van der Waals surface area contributed by atoms with E-state index < -0.39 is 0 Å². The van der Waals surface area contributed by atoms with Crippen LogP contribution in [0.25, 0.3) is 0 Å². The Labute approximate surface area is 110 Å². The summed E-state index contributed by atoms with van der Waals surface area (Å²) in [6.07, 6.45) is 5.25. The lowest BCUT2D eigenvalue weighted by atomic mass is 9.79. The van der Waals surface area contributed by atoms with Crippen molar-refractivity contribution in [3.63, 3.8) is 0 Å². The van der Waals surface area contributed by atoms with Crippen molar-refractivity contribution in [3.05, 3.63) is 0 Å². The second kappa shape index (κ2) is 6.02. The lowest BCUT2D eigenvalue weighted by molar-refractivity contribution is -0.127. The predicted octanol–water partition coefficient (Wildman–Crippen LogP) is 0.960. The van der Waals surface area contributed by atoms with Crippen molar-refractivity contribution < 1.29 is 4.79 Å². The van der Waals surface area contributed by atoms with Gasteiger partial charge in [-0.15, -0.1) is 0 Å². The first kappa shape index (κ1) is 13.8. The van der Waals surface area contributed by atoms with Crippen LogP contribution in [0, 0.1) is 11.8 Å². The fourth-order valence-corrected chi connectivity index (χ4v) is 3.20. The molecule has 2 aliphatic rings. The molecule has 4 atom stereocenters. The molecule has 4 heteroatoms. The summed E-state index contributed by atoms with van der Waals surface area (Å²) in [5, 5.41) is 3.22. The highest BCUT2D eigenvalue weighted by Crippen LogP contribution is 2.28. The molecule has 1 aliphatic heterocycles. The molecule has 4 unspecified atom stereocenters. The molecule has 2 rings (SSSR count). The zero-order valence-corrected chi connectivity index (χ0v) is 11.7. The fraction of sp³-hybridized carbons (Fsp3) is 0.929. The van der Waals surface area contributed by atoms with E-state index in [2.05, 4.69) is 24.2 Å². The molecule has 0 aromatic carbocycles. The van der Waals surface area contributed by atoms with Crippen LogP contribution >= 0.6 is 0 Å². The van der Waals surface area contributed by atoms with E-state index >= 15 is 0 Å². The summed E-state index contributed by atoms with van der Waals surface area (Å²) in [5.41, 5.74) is 6.07. The Morgan fingerprint density at radius 1 is 1.33 bits per heavy atom. The van der Waals surface area contributed by atoms with Crippen molar-refractivity contribution in [1.29, 1.82) is 0 Å². The Balaban J connectivity index is 1.80. The van der Waals surface area contributed by atoms with Crippen LogP contribution in [0.4, 0.5) is 0 Å². The molecule has 18 heavy (non-hydrogen) atoms. The summed E-state index contributed by atoms with van der Waals surface area (Å²) in [7, 11) is 2.12. The van der Waals surface area contributed by atoms with Crippen molar-refractivity contribution in [2.24, 2.45) is 17.6 Å². The van der Waals surface area contributed by atoms with E-state index in [1.807, 2.05) is 0 Å². The molecule has 1 saturated heterocycles. The van der Waals surface area contributed by atoms with Crippen molar-refractivity contribution in [2.45, 2.75) is 51.1 Å². The van der Waals surface area contributed by atoms with Crippen molar-refractivity contribution in [3.8, 4) is 0 Å². The number of piperidine rings is 1. The first-order valence-corrected chi connectivity index (χ1v) is 7.30. The van der Waals surface area contributed by atoms with Crippen molar-refractivity contribution in [1.82, 2.24) is 10.2 Å². The molecule has 0 radical (unpaired) electrons. The van der Waals surface area contributed by atoms with E-state index in [1.165, 1.54) is 6.42 Å². The van der Waals surface area contributed by atoms with Gasteiger partial charge in [0.15, 0.2) is 0 Å². The van der Waals surface area contributed by atoms with E-state index in [0.717, 1.165) is 38.8 Å². The lowest BCUT2D eigenvalue weighted by Gasteiger charge is -2.34. The number of rotatable bonds is 2. The van der Waals surface area contributed by atoms with Gasteiger partial charge in [-0.3, -0.25) is 4.79 Å². The maximum absolute atomic E-state index is 12.2. The number of likely N-dealkylation sites (N-methyl/N-ethyl adjacent to an activating group) is 1. The van der Waals surface area contributed by atoms with Gasteiger partial charge in [-0.25, -0.2) is 0 Å². The molecule has 0 bridgehead atoms. The average molecular weight is 253 g/mol. The maximum atomic E-state index is 12.2. The molecule has 2 fully saturated rings. The van der Waals surface area contributed by atoms with Gasteiger partial charge in [0, 0.05) is 24.5 Å². The third kappa shape index (κ3) is 3.45. The van der Waals surface area contributed by atoms with Gasteiger partial charge in [-0.2, -0.15) is 0 Å². The Kier molecular flexibility index (Phi) is 4.62. The number of carbonyl (C=O) groups is 1. The number of carbonyl (C=O) groups excluding carboxylic acids is 1. The minimum Gasteiger partial charge on any atom is -0.352 e. The largest absolute Gasteiger partial charge is 0.352 e. The van der Waals surface area contributed by atoms with E-state index in [9.17, 15) is 4.79 Å². The van der Waals surface area contributed by atoms with E-state index in [0.29, 0.717) is 12.0 Å². The van der Waals surface area contributed by atoms with Gasteiger partial charge in [-0.1, -0.05) is 6.92 Å². The van der Waals surface area contributed by atoms with Crippen LogP contribution in [0.1, 0.15) is 39.0 Å². The van der Waals surface area contributed by atoms with Crippen LogP contribution in [-0.4, -0.2) is 43.0 Å². The minimum atomic E-state index is 0.142. The van der Waals surface area contributed by atoms with E-state index in [-0.39, 0.29) is 17.9 Å². The van der Waals surface area contributed by atoms with Crippen molar-refractivity contribution in [2.75, 3.05) is 20.1 Å². The molecule has 1 heterocycles. The lowest BCUT2D eigenvalue weighted by Crippen LogP contribution is -2.49. The summed E-state index contributed by atoms with van der Waals surface area (Å²) >= 11 is 0. The molecule has 4 nitrogen and oxygen atoms in total. The van der Waals surface area contributed by atoms with Crippen LogP contribution < -0.4 is 11.1 Å². The number of nitrogens with two attached hydrogens (primary N) is 1. The summed E-state index contributed by atoms with van der Waals surface area (Å²) < 4.78 is 0. The molecule has 104 valence electrons. The molecule has 3 N–H and O–H groups in total. The van der Waals surface area contributed by atoms with Crippen LogP contribution in [0.15, 0.2) is 0 Å². The minimum absolute atomic E-state index is 0.142. The number of amides is 1. The van der Waals surface area contributed by atoms with Gasteiger partial charge >= 0.3 is 0 Å². The van der Waals surface area contributed by atoms with E-state index in [1.54, 1.807) is 0 Å². The smallest absolute Gasteiger partial charge is 0.223 e. The highest BCUT2D eigenvalue weighted by molar-refractivity contribution is 5.79. The Hall–Kier alpha value is -0.610. The maximum Gasteiger partial charge on any atom is 0.223 e. The van der Waals surface area contributed by atoms with Gasteiger partial charge in [0.05, 0.1) is 0 Å². The van der Waals surface area contributed by atoms with Gasteiger partial charge in [0.25, 0.3) is 0 Å². The number of hydrogen-bond acceptors (Lipinski definition) is 3. The summed E-state index contributed by atoms with van der Waals surface area (Å²) in [6, 6.07) is 0.537. The van der Waals surface area contributed by atoms with E-state index in [4.69, 9.17) is 5.73 Å². The third-order valence-electron chi connectivity index (χ3n) is 4.60. The van der Waals surface area contributed by atoms with Crippen molar-refractivity contribution >= 4 is 5.91 Å². The zero-order valence-electron chi connectivity index (χ0n) is 11.7. The highest BCUT2D eigenvalue weighted by atomic mass is 16.1. The predicted molar refractivity (Wildman–Crippen MR) is 73.1 cm³/mol. The SMILES string of the molecule is CC1CCC(C(=O)NC2CCCN(C)C2)CC1N. The van der Waals surface area contributed by atoms with Crippen LogP contribution in [0.3, 0.4) is 0 Å². The number of nitrogens with zero attached hydrogens (tertiary/aromatic N) is 1. The number of likely N-dealkylation sites (tertiary alicyclic amines) is 1. The summed E-state index contributed by atoms with van der Waals surface area (Å²) in [6.45, 7) is 4.33. The molecular weight excluding hydrogens is 226 g/mol. The molecule has 0 aromatic heterocycles. The Morgan fingerprint density at radius 2 is 2.11 bits per heavy atom. The zero-order chi connectivity index (χ0) is 13.1. The normalized spacial score (nSPS) is 38.4. The highest BCUT2D eigenvalue weighted by Gasteiger charge is 2.30. The second-order valence-electron chi connectivity index (χ2n) is 6.26. The quantitative estimate of drug-likeness (QED) is 0.770. The molecule has 1 saturated carbocycles. The first-order chi connectivity index (χ1) is 8.56. The van der Waals surface area contributed by atoms with Gasteiger partial charge < -0.3 is 16.0 Å². The average Bonchev–Trinajstić information content (AvgIpc) is 2.32. The number of hydrogen-bond donors (Lipinski definition) is 2. The summed E-state index contributed by atoms with van der Waals surface area (Å²) in [4.78, 5) is 14.5. The van der Waals surface area contributed by atoms with Crippen LogP contribution in [0.5, 0.6) is 0 Å². The van der Waals surface area contributed by atoms with Crippen LogP contribution in [0.2, 0.25) is 0 Å². The fourth-order valence-electron chi connectivity index (χ4n) is 3.20. The Morgan fingerprint density at radius 3 is 2.78 bits per heavy atom. The number of nitrogens with one attached hydrogen (secondary N) is 1. The third-order valence-corrected chi connectivity index (χ3v) is 4.60. The summed E-state index contributed by atoms with van der Waals surface area (Å²) in [5.74, 6) is 0.941. The molecule has 1 amide bonds. The first-order valence-electron chi connectivity index (χ1n) is 7.30. The molecule has 0 spiro atoms. The molecule has 0 aromatic rings. The van der Waals surface area contributed by atoms with Crippen LogP contribution in [-0.2, 0) is 4.79 Å². The van der Waals surface area contributed by atoms with Gasteiger partial charge in [-0.05, 0) is 51.6 Å². The Bertz CT molecular complexity index is 295. The van der Waals surface area contributed by atoms with Gasteiger partial charge in [0.1, 0.15) is 0 Å².